The summed E-state index contributed by atoms with van der Waals surface area (Å²) >= 11 is 0. The van der Waals surface area contributed by atoms with Crippen molar-refractivity contribution < 1.29 is 26.3 Å². The Morgan fingerprint density at radius 2 is 1.67 bits per heavy atom. The lowest BCUT2D eigenvalue weighted by Crippen LogP contribution is -2.25. The highest BCUT2D eigenvalue weighted by molar-refractivity contribution is 7.92. The summed E-state index contributed by atoms with van der Waals surface area (Å²) in [5.41, 5.74) is -0.955. The number of sulfonamides is 1. The fourth-order valence-electron chi connectivity index (χ4n) is 2.32. The van der Waals surface area contributed by atoms with Crippen molar-refractivity contribution in [1.82, 2.24) is 9.89 Å². The maximum atomic E-state index is 13.1. The van der Waals surface area contributed by atoms with Crippen LogP contribution in [-0.2, 0) is 16.2 Å². The molecule has 0 fully saturated rings. The molecule has 0 bridgehead atoms. The number of alkyl halides is 3. The Bertz CT molecular complexity index is 1030. The smallest absolute Gasteiger partial charge is 0.435 e. The summed E-state index contributed by atoms with van der Waals surface area (Å²) in [5.74, 6) is 0.505. The molecule has 0 radical (unpaired) electrons. The summed E-state index contributed by atoms with van der Waals surface area (Å²) < 4.78 is 69.3. The predicted octanol–water partition coefficient (Wildman–Crippen LogP) is 3.51. The molecule has 0 saturated carbocycles. The Morgan fingerprint density at radius 1 is 1.04 bits per heavy atom. The van der Waals surface area contributed by atoms with Crippen molar-refractivity contribution in [3.8, 4) is 17.0 Å². The van der Waals surface area contributed by atoms with E-state index in [1.54, 1.807) is 18.2 Å². The number of hydrogen-bond acceptors (Lipinski definition) is 4. The van der Waals surface area contributed by atoms with E-state index in [0.29, 0.717) is 16.1 Å². The van der Waals surface area contributed by atoms with Gasteiger partial charge in [-0.05, 0) is 42.5 Å². The first kappa shape index (κ1) is 18.8. The summed E-state index contributed by atoms with van der Waals surface area (Å²) in [4.78, 5) is 2.57. The zero-order valence-electron chi connectivity index (χ0n) is 13.9. The summed E-state index contributed by atoms with van der Waals surface area (Å²) in [7, 11) is -2.68. The molecule has 1 aromatic heterocycles. The highest BCUT2D eigenvalue weighted by Gasteiger charge is 2.35. The predicted molar refractivity (Wildman–Crippen MR) is 92.2 cm³/mol. The third kappa shape index (κ3) is 4.05. The lowest BCUT2D eigenvalue weighted by Gasteiger charge is -2.11. The average molecular weight is 397 g/mol. The maximum absolute atomic E-state index is 13.1. The van der Waals surface area contributed by atoms with Crippen molar-refractivity contribution in [3.05, 3.63) is 66.4 Å². The maximum Gasteiger partial charge on any atom is 0.435 e. The van der Waals surface area contributed by atoms with Crippen molar-refractivity contribution in [2.75, 3.05) is 11.9 Å². The van der Waals surface area contributed by atoms with Gasteiger partial charge in [-0.2, -0.15) is 31.2 Å². The van der Waals surface area contributed by atoms with Gasteiger partial charge in [0.05, 0.1) is 17.7 Å². The van der Waals surface area contributed by atoms with Crippen molar-refractivity contribution >= 4 is 10.0 Å². The average Bonchev–Trinajstić information content (AvgIpc) is 3.06. The first-order valence-corrected chi connectivity index (χ1v) is 9.08. The molecule has 0 unspecified atom stereocenters. The van der Waals surface area contributed by atoms with Crippen LogP contribution in [0, 0.1) is 0 Å². The van der Waals surface area contributed by atoms with E-state index in [1.165, 1.54) is 43.5 Å². The highest BCUT2D eigenvalue weighted by atomic mass is 32.2. The summed E-state index contributed by atoms with van der Waals surface area (Å²) in [5, 5.41) is 3.38. The molecular weight excluding hydrogens is 383 g/mol. The van der Waals surface area contributed by atoms with Crippen molar-refractivity contribution in [2.24, 2.45) is 0 Å². The van der Waals surface area contributed by atoms with Crippen LogP contribution in [0.5, 0.6) is 5.75 Å². The Labute approximate surface area is 153 Å². The van der Waals surface area contributed by atoms with Crippen LogP contribution < -0.4 is 9.57 Å². The van der Waals surface area contributed by atoms with Gasteiger partial charge in [-0.3, -0.25) is 0 Å². The Balaban J connectivity index is 2.06. The van der Waals surface area contributed by atoms with Gasteiger partial charge in [0.25, 0.3) is 10.0 Å². The molecule has 0 aliphatic rings. The molecule has 0 atom stereocenters. The molecular formula is C17H14F3N3O3S. The van der Waals surface area contributed by atoms with E-state index >= 15 is 0 Å². The molecule has 142 valence electrons. The number of ether oxygens (including phenoxy) is 1. The number of methoxy groups -OCH3 is 1. The molecule has 1 heterocycles. The van der Waals surface area contributed by atoms with Gasteiger partial charge in [-0.15, -0.1) is 5.10 Å². The zero-order chi connectivity index (χ0) is 19.7. The Hall–Kier alpha value is -3.01. The molecule has 0 amide bonds. The number of rotatable bonds is 5. The van der Waals surface area contributed by atoms with Crippen LogP contribution in [0.15, 0.2) is 65.6 Å². The topological polar surface area (TPSA) is 73.2 Å². The highest BCUT2D eigenvalue weighted by Crippen LogP contribution is 2.32. The molecule has 3 rings (SSSR count). The summed E-state index contributed by atoms with van der Waals surface area (Å²) in [6.45, 7) is 0. The zero-order valence-corrected chi connectivity index (χ0v) is 14.8. The number of benzene rings is 2. The van der Waals surface area contributed by atoms with Gasteiger partial charge in [-0.1, -0.05) is 18.2 Å². The van der Waals surface area contributed by atoms with Gasteiger partial charge in [0.15, 0.2) is 5.69 Å². The number of nitrogens with zero attached hydrogens (tertiary/aromatic N) is 2. The molecule has 27 heavy (non-hydrogen) atoms. The molecule has 10 heteroatoms. The van der Waals surface area contributed by atoms with E-state index in [2.05, 4.69) is 9.93 Å². The summed E-state index contributed by atoms with van der Waals surface area (Å²) in [6, 6.07) is 14.1. The summed E-state index contributed by atoms with van der Waals surface area (Å²) in [6.07, 6.45) is -4.73. The second-order valence-electron chi connectivity index (χ2n) is 5.46. The van der Waals surface area contributed by atoms with Crippen molar-refractivity contribution in [3.63, 3.8) is 0 Å². The molecule has 0 spiro atoms. The minimum atomic E-state index is -4.73. The minimum absolute atomic E-state index is 0.0653. The molecule has 6 nitrogen and oxygen atoms in total. The lowest BCUT2D eigenvalue weighted by molar-refractivity contribution is -0.141. The third-order valence-corrected chi connectivity index (χ3v) is 4.95. The van der Waals surface area contributed by atoms with Crippen LogP contribution in [0.4, 0.5) is 13.2 Å². The normalized spacial score (nSPS) is 12.0. The van der Waals surface area contributed by atoms with Crippen molar-refractivity contribution in [1.29, 1.82) is 0 Å². The van der Waals surface area contributed by atoms with Crippen LogP contribution in [0.25, 0.3) is 11.3 Å². The van der Waals surface area contributed by atoms with Crippen LogP contribution in [0.1, 0.15) is 5.69 Å². The van der Waals surface area contributed by atoms with E-state index in [9.17, 15) is 21.6 Å². The second-order valence-corrected chi connectivity index (χ2v) is 7.12. The van der Waals surface area contributed by atoms with Gasteiger partial charge < -0.3 is 4.74 Å². The minimum Gasteiger partial charge on any atom is -0.497 e. The number of hydrogen-bond donors (Lipinski definition) is 1. The van der Waals surface area contributed by atoms with E-state index in [1.807, 2.05) is 0 Å². The van der Waals surface area contributed by atoms with Gasteiger partial charge in [-0.25, -0.2) is 0 Å². The van der Waals surface area contributed by atoms with Gasteiger partial charge >= 0.3 is 6.18 Å². The Kier molecular flexibility index (Phi) is 4.83. The van der Waals surface area contributed by atoms with E-state index < -0.39 is 21.9 Å². The largest absolute Gasteiger partial charge is 0.497 e. The second kappa shape index (κ2) is 6.95. The molecule has 0 aliphatic carbocycles. The first-order valence-electron chi connectivity index (χ1n) is 7.60. The number of halogens is 3. The molecule has 3 aromatic rings. The molecule has 0 saturated heterocycles. The van der Waals surface area contributed by atoms with Crippen LogP contribution >= 0.6 is 0 Å². The van der Waals surface area contributed by atoms with Crippen LogP contribution in [0.3, 0.4) is 0 Å². The molecule has 2 aromatic carbocycles. The van der Waals surface area contributed by atoms with Crippen LogP contribution in [-0.4, -0.2) is 25.4 Å². The van der Waals surface area contributed by atoms with E-state index in [-0.39, 0.29) is 10.6 Å². The first-order chi connectivity index (χ1) is 12.7. The van der Waals surface area contributed by atoms with Gasteiger partial charge in [0.1, 0.15) is 5.75 Å². The quantitative estimate of drug-likeness (QED) is 0.715. The monoisotopic (exact) mass is 397 g/mol. The van der Waals surface area contributed by atoms with Gasteiger partial charge in [0, 0.05) is 5.56 Å². The fraction of sp³-hybridized carbons (Fsp3) is 0.118. The third-order valence-electron chi connectivity index (χ3n) is 3.65. The molecule has 1 N–H and O–H groups in total. The van der Waals surface area contributed by atoms with Gasteiger partial charge in [0.2, 0.25) is 0 Å². The SMILES string of the molecule is COc1ccc(-c2cc(C(F)(F)F)nn2NS(=O)(=O)c2ccccc2)cc1. The lowest BCUT2D eigenvalue weighted by atomic mass is 10.1. The van der Waals surface area contributed by atoms with E-state index in [4.69, 9.17) is 4.74 Å². The van der Waals surface area contributed by atoms with Crippen molar-refractivity contribution in [2.45, 2.75) is 11.1 Å². The van der Waals surface area contributed by atoms with E-state index in [0.717, 1.165) is 6.07 Å². The Morgan fingerprint density at radius 3 is 2.22 bits per heavy atom. The number of nitrogens with one attached hydrogen (secondary N) is 1. The fourth-order valence-corrected chi connectivity index (χ4v) is 3.31. The number of aromatic nitrogens is 2. The standard InChI is InChI=1S/C17H14F3N3O3S/c1-26-13-9-7-12(8-10-13)15-11-16(17(18,19)20)21-23(15)22-27(24,25)14-5-3-2-4-6-14/h2-11,22H,1H3. The van der Waals surface area contributed by atoms with Crippen LogP contribution in [0.2, 0.25) is 0 Å². The molecule has 0 aliphatic heterocycles.